The van der Waals surface area contributed by atoms with E-state index in [1.165, 1.54) is 52.3 Å². The third kappa shape index (κ3) is 7.95. The lowest BCUT2D eigenvalue weighted by Gasteiger charge is -2.46. The van der Waals surface area contributed by atoms with E-state index in [9.17, 15) is 23.4 Å². The summed E-state index contributed by atoms with van der Waals surface area (Å²) in [6.07, 6.45) is -2.63. The van der Waals surface area contributed by atoms with Gasteiger partial charge in [0.25, 0.3) is 0 Å². The Morgan fingerprint density at radius 2 is 1.60 bits per heavy atom. The molecule has 0 radical (unpaired) electrons. The van der Waals surface area contributed by atoms with Gasteiger partial charge in [-0.05, 0) is 81.0 Å². The van der Waals surface area contributed by atoms with Crippen molar-refractivity contribution in [2.75, 3.05) is 34.0 Å². The van der Waals surface area contributed by atoms with Crippen LogP contribution in [0.5, 0.6) is 11.5 Å². The molecule has 3 N–H and O–H groups in total. The largest absolute Gasteiger partial charge is 0.497 e. The monoisotopic (exact) mass is 624 g/mol. The van der Waals surface area contributed by atoms with E-state index < -0.39 is 58.7 Å². The molecular weight excluding hydrogens is 583 g/mol. The molecule has 0 spiro atoms. The molecule has 4 rings (SSSR count). The summed E-state index contributed by atoms with van der Waals surface area (Å²) in [6.45, 7) is 2.57. The Morgan fingerprint density at radius 1 is 1.05 bits per heavy atom. The molecule has 2 aliphatic heterocycles. The standard InChI is InChI=1S/C30H41FN2O9S/c1-30(2,31)18-33(43(37,38)22-11-9-21(40-4)10-12-22)26(23-13-15-41-28-24(23)14-16-42-28)27(34)25(32-29(35)36)17-19-5-7-20(39-3)8-6-19/h5-12,23-28,32,34H,13-18H2,1-4H3,(H,35,36)/t23-,24+,25-,26?,27+,28+/m0/s1. The van der Waals surface area contributed by atoms with Crippen molar-refractivity contribution < 1.29 is 46.8 Å². The van der Waals surface area contributed by atoms with Crippen LogP contribution in [0.2, 0.25) is 0 Å². The van der Waals surface area contributed by atoms with E-state index in [1.807, 2.05) is 0 Å². The second-order valence-electron chi connectivity index (χ2n) is 11.5. The lowest BCUT2D eigenvalue weighted by atomic mass is 9.76. The number of amides is 1. The van der Waals surface area contributed by atoms with E-state index in [2.05, 4.69) is 5.32 Å². The molecule has 0 aliphatic carbocycles. The normalized spacial score (nSPS) is 22.8. The summed E-state index contributed by atoms with van der Waals surface area (Å²) >= 11 is 0. The van der Waals surface area contributed by atoms with Crippen LogP contribution >= 0.6 is 0 Å². The number of methoxy groups -OCH3 is 2. The average molecular weight is 625 g/mol. The van der Waals surface area contributed by atoms with Crippen molar-refractivity contribution >= 4 is 16.1 Å². The van der Waals surface area contributed by atoms with E-state index in [4.69, 9.17) is 18.9 Å². The molecule has 13 heteroatoms. The Hall–Kier alpha value is -2.97. The number of aliphatic hydroxyl groups is 1. The van der Waals surface area contributed by atoms with Gasteiger partial charge in [-0.15, -0.1) is 0 Å². The molecule has 6 atom stereocenters. The zero-order chi connectivity index (χ0) is 31.4. The fraction of sp³-hybridized carbons (Fsp3) is 0.567. The van der Waals surface area contributed by atoms with E-state index in [1.54, 1.807) is 24.3 Å². The highest BCUT2D eigenvalue weighted by molar-refractivity contribution is 7.89. The minimum Gasteiger partial charge on any atom is -0.497 e. The average Bonchev–Trinajstić information content (AvgIpc) is 3.46. The summed E-state index contributed by atoms with van der Waals surface area (Å²) in [4.78, 5) is 11.9. The van der Waals surface area contributed by atoms with Crippen molar-refractivity contribution in [3.05, 3.63) is 54.1 Å². The molecule has 2 aromatic rings. The van der Waals surface area contributed by atoms with Gasteiger partial charge in [-0.3, -0.25) is 0 Å². The second kappa shape index (κ2) is 13.8. The van der Waals surface area contributed by atoms with Crippen LogP contribution < -0.4 is 14.8 Å². The molecule has 238 valence electrons. The predicted molar refractivity (Wildman–Crippen MR) is 155 cm³/mol. The van der Waals surface area contributed by atoms with Crippen molar-refractivity contribution in [2.24, 2.45) is 11.8 Å². The molecule has 1 unspecified atom stereocenters. The van der Waals surface area contributed by atoms with Gasteiger partial charge in [-0.25, -0.2) is 17.6 Å². The van der Waals surface area contributed by atoms with Crippen LogP contribution in [0.1, 0.15) is 32.3 Å². The van der Waals surface area contributed by atoms with Gasteiger partial charge in [0, 0.05) is 12.5 Å². The highest BCUT2D eigenvalue weighted by Gasteiger charge is 2.51. The number of nitrogens with zero attached hydrogens (tertiary/aromatic N) is 1. The summed E-state index contributed by atoms with van der Waals surface area (Å²) in [5, 5.41) is 24.3. The fourth-order valence-electron chi connectivity index (χ4n) is 6.04. The SMILES string of the molecule is COc1ccc(C[C@H](NC(=O)O)[C@@H](O)C([C@H]2CCO[C@@H]3OCC[C@@H]32)N(CC(C)(C)F)S(=O)(=O)c2ccc(OC)cc2)cc1. The van der Waals surface area contributed by atoms with Crippen LogP contribution in [0.15, 0.2) is 53.4 Å². The van der Waals surface area contributed by atoms with Gasteiger partial charge >= 0.3 is 6.09 Å². The number of alkyl halides is 1. The Balaban J connectivity index is 1.83. The van der Waals surface area contributed by atoms with Crippen LogP contribution in [0.4, 0.5) is 9.18 Å². The molecule has 11 nitrogen and oxygen atoms in total. The van der Waals surface area contributed by atoms with Gasteiger partial charge in [-0.1, -0.05) is 12.1 Å². The van der Waals surface area contributed by atoms with Gasteiger partial charge in [0.1, 0.15) is 17.2 Å². The number of hydrogen-bond donors (Lipinski definition) is 3. The number of benzene rings is 2. The first kappa shape index (κ1) is 32.9. The number of aliphatic hydroxyl groups excluding tert-OH is 1. The molecule has 0 saturated carbocycles. The second-order valence-corrected chi connectivity index (χ2v) is 13.4. The number of hydrogen-bond acceptors (Lipinski definition) is 8. The van der Waals surface area contributed by atoms with Crippen molar-refractivity contribution in [2.45, 2.75) is 68.2 Å². The Bertz CT molecular complexity index is 1320. The number of rotatable bonds is 13. The van der Waals surface area contributed by atoms with Crippen LogP contribution in [0.25, 0.3) is 0 Å². The Morgan fingerprint density at radius 3 is 2.14 bits per heavy atom. The predicted octanol–water partition coefficient (Wildman–Crippen LogP) is 3.45. The van der Waals surface area contributed by atoms with Crippen molar-refractivity contribution in [3.8, 4) is 11.5 Å². The summed E-state index contributed by atoms with van der Waals surface area (Å²) in [7, 11) is -1.44. The maximum Gasteiger partial charge on any atom is 0.404 e. The molecular formula is C30H41FN2O9S. The van der Waals surface area contributed by atoms with Gasteiger partial charge in [-0.2, -0.15) is 4.31 Å². The third-order valence-corrected chi connectivity index (χ3v) is 9.88. The first-order chi connectivity index (χ1) is 20.3. The number of fused-ring (bicyclic) bond motifs is 1. The number of carboxylic acid groups (broad SMARTS) is 1. The van der Waals surface area contributed by atoms with Crippen molar-refractivity contribution in [1.82, 2.24) is 9.62 Å². The van der Waals surface area contributed by atoms with Gasteiger partial charge in [0.05, 0.1) is 50.5 Å². The number of nitrogens with one attached hydrogen (secondary N) is 1. The van der Waals surface area contributed by atoms with Gasteiger partial charge in [0.2, 0.25) is 10.0 Å². The van der Waals surface area contributed by atoms with Gasteiger partial charge < -0.3 is 34.5 Å². The van der Waals surface area contributed by atoms with Crippen LogP contribution in [-0.2, 0) is 25.9 Å². The minimum absolute atomic E-state index is 0.0389. The van der Waals surface area contributed by atoms with Crippen molar-refractivity contribution in [3.63, 3.8) is 0 Å². The molecule has 2 heterocycles. The molecule has 1 amide bonds. The summed E-state index contributed by atoms with van der Waals surface area (Å²) < 4.78 is 67.2. The van der Waals surface area contributed by atoms with Crippen LogP contribution in [0.3, 0.4) is 0 Å². The Labute approximate surface area is 251 Å². The zero-order valence-electron chi connectivity index (χ0n) is 24.8. The summed E-state index contributed by atoms with van der Waals surface area (Å²) in [6, 6.07) is 10.2. The van der Waals surface area contributed by atoms with Crippen molar-refractivity contribution in [1.29, 1.82) is 0 Å². The topological polar surface area (TPSA) is 144 Å². The molecule has 0 bridgehead atoms. The molecule has 2 aliphatic rings. The minimum atomic E-state index is -4.42. The maximum absolute atomic E-state index is 15.5. The highest BCUT2D eigenvalue weighted by Crippen LogP contribution is 2.42. The smallest absolute Gasteiger partial charge is 0.404 e. The number of sulfonamides is 1. The molecule has 43 heavy (non-hydrogen) atoms. The summed E-state index contributed by atoms with van der Waals surface area (Å²) in [5.74, 6) is 0.214. The quantitative estimate of drug-likeness (QED) is 0.305. The number of carbonyl (C=O) groups is 1. The lowest BCUT2D eigenvalue weighted by molar-refractivity contribution is -0.178. The number of halogens is 1. The fourth-order valence-corrected chi connectivity index (χ4v) is 7.87. The van der Waals surface area contributed by atoms with E-state index >= 15 is 4.39 Å². The van der Waals surface area contributed by atoms with E-state index in [0.717, 1.165) is 4.31 Å². The maximum atomic E-state index is 15.5. The molecule has 0 aromatic heterocycles. The third-order valence-electron chi connectivity index (χ3n) is 8.02. The van der Waals surface area contributed by atoms with Crippen LogP contribution in [0, 0.1) is 11.8 Å². The first-order valence-corrected chi connectivity index (χ1v) is 15.7. The van der Waals surface area contributed by atoms with Gasteiger partial charge in [0.15, 0.2) is 6.29 Å². The highest BCUT2D eigenvalue weighted by atomic mass is 32.2. The summed E-state index contributed by atoms with van der Waals surface area (Å²) in [5.41, 5.74) is -1.32. The zero-order valence-corrected chi connectivity index (χ0v) is 25.6. The molecule has 2 saturated heterocycles. The lowest BCUT2D eigenvalue weighted by Crippen LogP contribution is -2.62. The Kier molecular flexibility index (Phi) is 10.5. The molecule has 2 aromatic carbocycles. The first-order valence-electron chi connectivity index (χ1n) is 14.2. The number of ether oxygens (including phenoxy) is 4. The van der Waals surface area contributed by atoms with Crippen LogP contribution in [-0.4, -0.2) is 93.2 Å². The molecule has 2 fully saturated rings. The van der Waals surface area contributed by atoms with E-state index in [-0.39, 0.29) is 23.8 Å². The van der Waals surface area contributed by atoms with E-state index in [0.29, 0.717) is 36.5 Å².